The van der Waals surface area contributed by atoms with Crippen molar-refractivity contribution in [2.75, 3.05) is 0 Å². The summed E-state index contributed by atoms with van der Waals surface area (Å²) in [5.74, 6) is 0.190. The quantitative estimate of drug-likeness (QED) is 0.772. The lowest BCUT2D eigenvalue weighted by molar-refractivity contribution is 0.00578. The lowest BCUT2D eigenvalue weighted by Gasteiger charge is -2.32. The zero-order valence-corrected chi connectivity index (χ0v) is 11.7. The highest BCUT2D eigenvalue weighted by molar-refractivity contribution is 6.62. The van der Waals surface area contributed by atoms with Crippen molar-refractivity contribution in [2.45, 2.75) is 38.9 Å². The Kier molecular flexibility index (Phi) is 2.50. The van der Waals surface area contributed by atoms with Gasteiger partial charge in [0, 0.05) is 17.0 Å². The van der Waals surface area contributed by atoms with Gasteiger partial charge in [-0.15, -0.1) is 0 Å². The van der Waals surface area contributed by atoms with Crippen LogP contribution in [0.25, 0.3) is 10.8 Å². The van der Waals surface area contributed by atoms with E-state index in [9.17, 15) is 5.11 Å². The van der Waals surface area contributed by atoms with Gasteiger partial charge in [-0.25, -0.2) is 0 Å². The van der Waals surface area contributed by atoms with Gasteiger partial charge in [-0.05, 0) is 39.2 Å². The molecule has 1 aliphatic rings. The van der Waals surface area contributed by atoms with E-state index < -0.39 is 0 Å². The average Bonchev–Trinajstić information content (AvgIpc) is 2.78. The molecule has 0 aliphatic carbocycles. The first-order valence-corrected chi connectivity index (χ1v) is 6.46. The van der Waals surface area contributed by atoms with Crippen LogP contribution in [-0.2, 0) is 9.31 Å². The fourth-order valence-corrected chi connectivity index (χ4v) is 2.27. The van der Waals surface area contributed by atoms with Gasteiger partial charge in [0.1, 0.15) is 0 Å². The third kappa shape index (κ3) is 1.85. The summed E-state index contributed by atoms with van der Waals surface area (Å²) in [6.45, 7) is 8.14. The van der Waals surface area contributed by atoms with E-state index in [1.165, 1.54) is 0 Å². The van der Waals surface area contributed by atoms with Gasteiger partial charge in [-0.2, -0.15) is 0 Å². The molecule has 0 atom stereocenters. The summed E-state index contributed by atoms with van der Waals surface area (Å²) in [6.07, 6.45) is 1.78. The average molecular weight is 259 g/mol. The summed E-state index contributed by atoms with van der Waals surface area (Å²) < 4.78 is 12.0. The molecule has 5 heteroatoms. The Morgan fingerprint density at radius 3 is 2.37 bits per heavy atom. The van der Waals surface area contributed by atoms with Gasteiger partial charge in [-0.1, -0.05) is 12.1 Å². The Morgan fingerprint density at radius 1 is 1.11 bits per heavy atom. The number of hydrogen-bond acceptors (Lipinski definition) is 3. The SMILES string of the molecule is CC1(C)OB(c2ccc3c(O)[nH]cc3c2)OC1(C)C. The molecule has 1 fully saturated rings. The zero-order valence-electron chi connectivity index (χ0n) is 11.7. The second-order valence-corrected chi connectivity index (χ2v) is 6.07. The molecule has 0 bridgehead atoms. The predicted molar refractivity (Wildman–Crippen MR) is 75.7 cm³/mol. The van der Waals surface area contributed by atoms with Crippen molar-refractivity contribution >= 4 is 23.4 Å². The van der Waals surface area contributed by atoms with E-state index in [4.69, 9.17) is 9.31 Å². The Labute approximate surface area is 112 Å². The number of rotatable bonds is 1. The minimum absolute atomic E-state index is 0.190. The van der Waals surface area contributed by atoms with Crippen LogP contribution in [0.15, 0.2) is 24.4 Å². The Balaban J connectivity index is 1.98. The number of benzene rings is 1. The number of H-pyrrole nitrogens is 1. The van der Waals surface area contributed by atoms with Crippen molar-refractivity contribution in [1.82, 2.24) is 4.98 Å². The molecule has 100 valence electrons. The maximum absolute atomic E-state index is 9.62. The molecule has 4 nitrogen and oxygen atoms in total. The summed E-state index contributed by atoms with van der Waals surface area (Å²) in [5.41, 5.74) is 0.282. The van der Waals surface area contributed by atoms with E-state index >= 15 is 0 Å². The van der Waals surface area contributed by atoms with Crippen LogP contribution in [0.4, 0.5) is 0 Å². The van der Waals surface area contributed by atoms with Crippen LogP contribution in [0.3, 0.4) is 0 Å². The number of fused-ring (bicyclic) bond motifs is 1. The molecule has 0 saturated carbocycles. The van der Waals surface area contributed by atoms with Crippen molar-refractivity contribution in [2.24, 2.45) is 0 Å². The van der Waals surface area contributed by atoms with Gasteiger partial charge in [0.2, 0.25) is 0 Å². The second-order valence-electron chi connectivity index (χ2n) is 6.07. The third-order valence-corrected chi connectivity index (χ3v) is 4.22. The molecule has 1 aliphatic heterocycles. The van der Waals surface area contributed by atoms with E-state index in [-0.39, 0.29) is 24.2 Å². The van der Waals surface area contributed by atoms with Crippen LogP contribution >= 0.6 is 0 Å². The van der Waals surface area contributed by atoms with Crippen LogP contribution in [0.2, 0.25) is 0 Å². The van der Waals surface area contributed by atoms with E-state index in [0.717, 1.165) is 16.2 Å². The summed E-state index contributed by atoms with van der Waals surface area (Å²) in [4.78, 5) is 2.80. The molecule has 0 spiro atoms. The molecule has 0 radical (unpaired) electrons. The highest BCUT2D eigenvalue weighted by Crippen LogP contribution is 2.36. The molecule has 2 heterocycles. The minimum atomic E-state index is -0.369. The molecule has 2 aromatic rings. The van der Waals surface area contributed by atoms with E-state index in [1.807, 2.05) is 45.9 Å². The number of nitrogens with one attached hydrogen (secondary N) is 1. The summed E-state index contributed by atoms with van der Waals surface area (Å²) in [5, 5.41) is 11.4. The first-order valence-electron chi connectivity index (χ1n) is 6.46. The smallest absolute Gasteiger partial charge is 0.494 e. The van der Waals surface area contributed by atoms with Crippen LogP contribution in [-0.4, -0.2) is 28.4 Å². The van der Waals surface area contributed by atoms with Crippen molar-refractivity contribution in [3.63, 3.8) is 0 Å². The first kappa shape index (κ1) is 12.6. The molecule has 1 saturated heterocycles. The standard InChI is InChI=1S/C14H18BNO3/c1-13(2)14(3,4)19-15(18-13)10-5-6-11-9(7-10)8-16-12(11)17/h5-8,16-17H,1-4H3. The van der Waals surface area contributed by atoms with Gasteiger partial charge in [0.05, 0.1) is 11.2 Å². The number of aromatic nitrogens is 1. The zero-order chi connectivity index (χ0) is 13.8. The van der Waals surface area contributed by atoms with Crippen molar-refractivity contribution in [3.05, 3.63) is 24.4 Å². The van der Waals surface area contributed by atoms with Crippen molar-refractivity contribution in [1.29, 1.82) is 0 Å². The van der Waals surface area contributed by atoms with E-state index in [1.54, 1.807) is 6.20 Å². The maximum atomic E-state index is 9.62. The number of aromatic amines is 1. The highest BCUT2D eigenvalue weighted by atomic mass is 16.7. The molecular formula is C14H18BNO3. The van der Waals surface area contributed by atoms with Crippen molar-refractivity contribution < 1.29 is 14.4 Å². The maximum Gasteiger partial charge on any atom is 0.494 e. The molecule has 1 aromatic carbocycles. The topological polar surface area (TPSA) is 54.5 Å². The second kappa shape index (κ2) is 3.77. The van der Waals surface area contributed by atoms with Gasteiger partial charge in [0.25, 0.3) is 0 Å². The van der Waals surface area contributed by atoms with Gasteiger partial charge >= 0.3 is 7.12 Å². The molecular weight excluding hydrogens is 241 g/mol. The number of aromatic hydroxyl groups is 1. The Hall–Kier alpha value is -1.46. The molecule has 2 N–H and O–H groups in total. The largest absolute Gasteiger partial charge is 0.494 e. The molecule has 19 heavy (non-hydrogen) atoms. The van der Waals surface area contributed by atoms with Crippen molar-refractivity contribution in [3.8, 4) is 5.88 Å². The van der Waals surface area contributed by atoms with Gasteiger partial charge in [0.15, 0.2) is 5.88 Å². The predicted octanol–water partition coefficient (Wildman–Crippen LogP) is 2.17. The summed E-state index contributed by atoms with van der Waals surface area (Å²) in [6, 6.07) is 5.78. The fraction of sp³-hybridized carbons (Fsp3) is 0.429. The lowest BCUT2D eigenvalue weighted by atomic mass is 9.78. The molecule has 1 aromatic heterocycles. The lowest BCUT2D eigenvalue weighted by Crippen LogP contribution is -2.41. The fourth-order valence-electron chi connectivity index (χ4n) is 2.27. The summed E-state index contributed by atoms with van der Waals surface area (Å²) >= 11 is 0. The van der Waals surface area contributed by atoms with E-state index in [2.05, 4.69) is 4.98 Å². The van der Waals surface area contributed by atoms with Crippen LogP contribution in [0.1, 0.15) is 27.7 Å². The Morgan fingerprint density at radius 2 is 1.74 bits per heavy atom. The molecule has 0 amide bonds. The number of hydrogen-bond donors (Lipinski definition) is 2. The monoisotopic (exact) mass is 259 g/mol. The minimum Gasteiger partial charge on any atom is -0.494 e. The van der Waals surface area contributed by atoms with Crippen LogP contribution in [0, 0.1) is 0 Å². The van der Waals surface area contributed by atoms with Gasteiger partial charge < -0.3 is 19.4 Å². The normalized spacial score (nSPS) is 21.2. The molecule has 3 rings (SSSR count). The van der Waals surface area contributed by atoms with Crippen LogP contribution in [0.5, 0.6) is 5.88 Å². The molecule has 0 unspecified atom stereocenters. The summed E-state index contributed by atoms with van der Waals surface area (Å²) in [7, 11) is -0.369. The third-order valence-electron chi connectivity index (χ3n) is 4.22. The first-order chi connectivity index (χ1) is 8.80. The van der Waals surface area contributed by atoms with E-state index in [0.29, 0.717) is 0 Å². The highest BCUT2D eigenvalue weighted by Gasteiger charge is 2.51. The van der Waals surface area contributed by atoms with Crippen LogP contribution < -0.4 is 5.46 Å². The Bertz CT molecular complexity index is 617. The van der Waals surface area contributed by atoms with Gasteiger partial charge in [-0.3, -0.25) is 0 Å².